The summed E-state index contributed by atoms with van der Waals surface area (Å²) in [6.45, 7) is 4.85. The van der Waals surface area contributed by atoms with E-state index in [1.165, 1.54) is 4.90 Å². The summed E-state index contributed by atoms with van der Waals surface area (Å²) in [7, 11) is 0. The molecule has 110 valence electrons. The van der Waals surface area contributed by atoms with Crippen molar-refractivity contribution in [3.63, 3.8) is 0 Å². The number of imide groups is 1. The third kappa shape index (κ3) is 3.08. The Bertz CT molecular complexity index is 456. The van der Waals surface area contributed by atoms with Gasteiger partial charge in [-0.1, -0.05) is 33.1 Å². The summed E-state index contributed by atoms with van der Waals surface area (Å²) in [5.41, 5.74) is 0. The molecule has 0 spiro atoms. The Morgan fingerprint density at radius 3 is 2.80 bits per heavy atom. The second kappa shape index (κ2) is 6.68. The smallest absolute Gasteiger partial charge is 0.252 e. The third-order valence-electron chi connectivity index (χ3n) is 4.09. The first-order valence-electron chi connectivity index (χ1n) is 7.49. The molecule has 1 aliphatic rings. The van der Waals surface area contributed by atoms with Gasteiger partial charge in [0.1, 0.15) is 6.04 Å². The fourth-order valence-corrected chi connectivity index (χ4v) is 2.72. The summed E-state index contributed by atoms with van der Waals surface area (Å²) < 4.78 is 1.73. The van der Waals surface area contributed by atoms with Gasteiger partial charge in [0.2, 0.25) is 5.91 Å². The van der Waals surface area contributed by atoms with E-state index in [-0.39, 0.29) is 18.2 Å². The summed E-state index contributed by atoms with van der Waals surface area (Å²) in [6, 6.07) is -0.395. The Morgan fingerprint density at radius 2 is 2.20 bits per heavy atom. The average Bonchev–Trinajstić information content (AvgIpc) is 3.05. The van der Waals surface area contributed by atoms with E-state index in [1.54, 1.807) is 23.3 Å². The highest BCUT2D eigenvalue weighted by Gasteiger charge is 2.39. The number of imidazole rings is 1. The number of hydrogen-bond acceptors (Lipinski definition) is 3. The summed E-state index contributed by atoms with van der Waals surface area (Å²) in [5, 5.41) is 0. The molecular weight excluding hydrogens is 254 g/mol. The topological polar surface area (TPSA) is 55.2 Å². The molecule has 20 heavy (non-hydrogen) atoms. The molecule has 0 aromatic carbocycles. The zero-order chi connectivity index (χ0) is 14.5. The Hall–Kier alpha value is -1.65. The van der Waals surface area contributed by atoms with Crippen LogP contribution in [-0.2, 0) is 9.59 Å². The first kappa shape index (κ1) is 14.8. The Balaban J connectivity index is 2.01. The molecule has 0 N–H and O–H groups in total. The maximum Gasteiger partial charge on any atom is 0.252 e. The van der Waals surface area contributed by atoms with Gasteiger partial charge in [0.25, 0.3) is 5.91 Å². The standard InChI is InChI=1S/C15H23N3O2/c1-3-5-6-12(4-2)10-18-14(19)9-13(15(18)20)17-8-7-16-11-17/h7-8,11-13H,3-6,9-10H2,1-2H3. The molecule has 2 amide bonds. The van der Waals surface area contributed by atoms with Gasteiger partial charge in [-0.15, -0.1) is 0 Å². The van der Waals surface area contributed by atoms with Crippen LogP contribution in [0.25, 0.3) is 0 Å². The molecule has 0 aliphatic carbocycles. The van der Waals surface area contributed by atoms with Crippen LogP contribution >= 0.6 is 0 Å². The molecule has 2 unspecified atom stereocenters. The van der Waals surface area contributed by atoms with Crippen LogP contribution in [0.3, 0.4) is 0 Å². The maximum absolute atomic E-state index is 12.4. The van der Waals surface area contributed by atoms with Crippen LogP contribution < -0.4 is 0 Å². The number of amides is 2. The molecule has 1 fully saturated rings. The van der Waals surface area contributed by atoms with E-state index >= 15 is 0 Å². The number of unbranched alkanes of at least 4 members (excludes halogenated alkanes) is 1. The highest BCUT2D eigenvalue weighted by molar-refractivity contribution is 6.04. The van der Waals surface area contributed by atoms with E-state index in [9.17, 15) is 9.59 Å². The molecule has 1 aromatic rings. The van der Waals surface area contributed by atoms with Gasteiger partial charge < -0.3 is 4.57 Å². The van der Waals surface area contributed by atoms with Crippen molar-refractivity contribution in [3.05, 3.63) is 18.7 Å². The third-order valence-corrected chi connectivity index (χ3v) is 4.09. The van der Waals surface area contributed by atoms with Gasteiger partial charge in [0.15, 0.2) is 0 Å². The SMILES string of the molecule is CCCCC(CC)CN1C(=O)CC(n2ccnc2)C1=O. The quantitative estimate of drug-likeness (QED) is 0.719. The van der Waals surface area contributed by atoms with Gasteiger partial charge in [0, 0.05) is 18.9 Å². The van der Waals surface area contributed by atoms with Crippen molar-refractivity contribution in [3.8, 4) is 0 Å². The zero-order valence-electron chi connectivity index (χ0n) is 12.3. The monoisotopic (exact) mass is 277 g/mol. The van der Waals surface area contributed by atoms with Crippen LogP contribution in [0.5, 0.6) is 0 Å². The number of carbonyl (C=O) groups excluding carboxylic acids is 2. The van der Waals surface area contributed by atoms with Crippen molar-refractivity contribution < 1.29 is 9.59 Å². The first-order valence-corrected chi connectivity index (χ1v) is 7.49. The van der Waals surface area contributed by atoms with Gasteiger partial charge in [-0.25, -0.2) is 4.98 Å². The van der Waals surface area contributed by atoms with Crippen LogP contribution in [0, 0.1) is 5.92 Å². The van der Waals surface area contributed by atoms with Crippen molar-refractivity contribution in [2.45, 2.75) is 52.0 Å². The van der Waals surface area contributed by atoms with E-state index < -0.39 is 6.04 Å². The number of likely N-dealkylation sites (tertiary alicyclic amines) is 1. The van der Waals surface area contributed by atoms with Crippen LogP contribution in [0.2, 0.25) is 0 Å². The van der Waals surface area contributed by atoms with Crippen LogP contribution in [0.15, 0.2) is 18.7 Å². The summed E-state index contributed by atoms with van der Waals surface area (Å²) >= 11 is 0. The molecule has 1 aliphatic heterocycles. The predicted molar refractivity (Wildman–Crippen MR) is 75.9 cm³/mol. The number of aromatic nitrogens is 2. The van der Waals surface area contributed by atoms with E-state index in [2.05, 4.69) is 18.8 Å². The minimum atomic E-state index is -0.395. The molecule has 1 aromatic heterocycles. The minimum absolute atomic E-state index is 0.0522. The fraction of sp³-hybridized carbons (Fsp3) is 0.667. The van der Waals surface area contributed by atoms with E-state index in [0.717, 1.165) is 25.7 Å². The number of nitrogens with zero attached hydrogens (tertiary/aromatic N) is 3. The maximum atomic E-state index is 12.4. The van der Waals surface area contributed by atoms with Gasteiger partial charge in [-0.05, 0) is 12.3 Å². The molecule has 5 nitrogen and oxygen atoms in total. The van der Waals surface area contributed by atoms with Crippen molar-refractivity contribution in [1.82, 2.24) is 14.5 Å². The molecule has 2 atom stereocenters. The summed E-state index contributed by atoms with van der Waals surface area (Å²) in [6.07, 6.45) is 9.64. The van der Waals surface area contributed by atoms with E-state index in [4.69, 9.17) is 0 Å². The van der Waals surface area contributed by atoms with E-state index in [0.29, 0.717) is 12.5 Å². The van der Waals surface area contributed by atoms with Crippen LogP contribution in [0.1, 0.15) is 52.0 Å². The molecule has 0 saturated carbocycles. The second-order valence-corrected chi connectivity index (χ2v) is 5.49. The lowest BCUT2D eigenvalue weighted by atomic mass is 9.99. The molecule has 0 bridgehead atoms. The highest BCUT2D eigenvalue weighted by atomic mass is 16.2. The molecular formula is C15H23N3O2. The zero-order valence-corrected chi connectivity index (χ0v) is 12.3. The van der Waals surface area contributed by atoms with Crippen molar-refractivity contribution in [2.24, 2.45) is 5.92 Å². The lowest BCUT2D eigenvalue weighted by Gasteiger charge is -2.21. The molecule has 2 heterocycles. The highest BCUT2D eigenvalue weighted by Crippen LogP contribution is 2.26. The molecule has 2 rings (SSSR count). The van der Waals surface area contributed by atoms with Crippen molar-refractivity contribution in [2.75, 3.05) is 6.54 Å². The lowest BCUT2D eigenvalue weighted by Crippen LogP contribution is -2.35. The molecule has 1 saturated heterocycles. The number of rotatable bonds is 7. The summed E-state index contributed by atoms with van der Waals surface area (Å²) in [5.74, 6) is 0.288. The van der Waals surface area contributed by atoms with Crippen molar-refractivity contribution >= 4 is 11.8 Å². The summed E-state index contributed by atoms with van der Waals surface area (Å²) in [4.78, 5) is 29.9. The Kier molecular flexibility index (Phi) is 4.93. The van der Waals surface area contributed by atoms with Gasteiger partial charge >= 0.3 is 0 Å². The van der Waals surface area contributed by atoms with Crippen LogP contribution in [-0.4, -0.2) is 32.8 Å². The molecule has 5 heteroatoms. The lowest BCUT2D eigenvalue weighted by molar-refractivity contribution is -0.140. The van der Waals surface area contributed by atoms with E-state index in [1.807, 2.05) is 0 Å². The van der Waals surface area contributed by atoms with Gasteiger partial charge in [0.05, 0.1) is 12.7 Å². The molecule has 0 radical (unpaired) electrons. The largest absolute Gasteiger partial charge is 0.324 e. The minimum Gasteiger partial charge on any atom is -0.324 e. The van der Waals surface area contributed by atoms with Gasteiger partial charge in [-0.3, -0.25) is 14.5 Å². The first-order chi connectivity index (χ1) is 9.67. The second-order valence-electron chi connectivity index (χ2n) is 5.49. The Morgan fingerprint density at radius 1 is 1.40 bits per heavy atom. The normalized spacial score (nSPS) is 20.7. The van der Waals surface area contributed by atoms with Crippen LogP contribution in [0.4, 0.5) is 0 Å². The predicted octanol–water partition coefficient (Wildman–Crippen LogP) is 2.40. The van der Waals surface area contributed by atoms with Crippen molar-refractivity contribution in [1.29, 1.82) is 0 Å². The average molecular weight is 277 g/mol. The fourth-order valence-electron chi connectivity index (χ4n) is 2.72. The number of hydrogen-bond donors (Lipinski definition) is 0. The number of carbonyl (C=O) groups is 2. The van der Waals surface area contributed by atoms with Gasteiger partial charge in [-0.2, -0.15) is 0 Å². The Labute approximate surface area is 120 Å².